The molecule has 0 aliphatic carbocycles. The van der Waals surface area contributed by atoms with E-state index in [1.165, 1.54) is 0 Å². The van der Waals surface area contributed by atoms with Crippen LogP contribution in [0, 0.1) is 12.8 Å². The van der Waals surface area contributed by atoms with E-state index in [1.54, 1.807) is 18.3 Å². The molecule has 1 aromatic heterocycles. The van der Waals surface area contributed by atoms with Crippen molar-refractivity contribution in [3.05, 3.63) is 21.9 Å². The van der Waals surface area contributed by atoms with E-state index in [4.69, 9.17) is 0 Å². The van der Waals surface area contributed by atoms with Crippen LogP contribution in [0.2, 0.25) is 0 Å². The first-order chi connectivity index (χ1) is 10.6. The Labute approximate surface area is 136 Å². The minimum atomic E-state index is 0.162. The molecule has 3 heterocycles. The number of thiophene rings is 1. The van der Waals surface area contributed by atoms with E-state index in [2.05, 4.69) is 4.90 Å². The number of carbonyl (C=O) groups is 2. The summed E-state index contributed by atoms with van der Waals surface area (Å²) < 4.78 is 0. The Kier molecular flexibility index (Phi) is 4.52. The van der Waals surface area contributed by atoms with Crippen molar-refractivity contribution in [1.82, 2.24) is 9.80 Å². The largest absolute Gasteiger partial charge is 0.343 e. The van der Waals surface area contributed by atoms with Crippen LogP contribution < -0.4 is 0 Å². The van der Waals surface area contributed by atoms with E-state index < -0.39 is 0 Å². The average molecular weight is 320 g/mol. The summed E-state index contributed by atoms with van der Waals surface area (Å²) in [5.74, 6) is 0.791. The number of carbonyl (C=O) groups excluding carboxylic acids is 2. The Hall–Kier alpha value is -1.36. The van der Waals surface area contributed by atoms with Gasteiger partial charge in [0.05, 0.1) is 4.88 Å². The van der Waals surface area contributed by atoms with Gasteiger partial charge in [0.1, 0.15) is 0 Å². The molecule has 0 aromatic carbocycles. The Bertz CT molecular complexity index is 569. The lowest BCUT2D eigenvalue weighted by atomic mass is 9.88. The summed E-state index contributed by atoms with van der Waals surface area (Å²) >= 11 is 1.55. The topological polar surface area (TPSA) is 40.6 Å². The molecule has 3 rings (SSSR count). The highest BCUT2D eigenvalue weighted by molar-refractivity contribution is 7.12. The standard InChI is InChI=1S/C17H24N2O2S/c1-12-7-10-22-16(12)17(21)19-8-4-3-5-14-11-18(13(2)20)9-6-15(14)19/h7,10,14-15H,3-6,8-9,11H2,1-2H3/t14-,15+/m0/s1. The van der Waals surface area contributed by atoms with Crippen LogP contribution in [-0.4, -0.2) is 47.3 Å². The molecule has 22 heavy (non-hydrogen) atoms. The zero-order chi connectivity index (χ0) is 15.7. The van der Waals surface area contributed by atoms with E-state index in [0.29, 0.717) is 12.0 Å². The molecule has 2 saturated heterocycles. The normalized spacial score (nSPS) is 25.5. The maximum atomic E-state index is 13.0. The fourth-order valence-corrected chi connectivity index (χ4v) is 4.71. The molecule has 5 heteroatoms. The van der Waals surface area contributed by atoms with Crippen LogP contribution in [0.4, 0.5) is 0 Å². The molecule has 2 fully saturated rings. The van der Waals surface area contributed by atoms with Crippen molar-refractivity contribution in [2.45, 2.75) is 45.6 Å². The van der Waals surface area contributed by atoms with E-state index in [0.717, 1.165) is 55.8 Å². The van der Waals surface area contributed by atoms with Gasteiger partial charge < -0.3 is 9.80 Å². The maximum absolute atomic E-state index is 13.0. The van der Waals surface area contributed by atoms with Crippen LogP contribution in [0.5, 0.6) is 0 Å². The molecule has 1 aromatic rings. The third-order valence-electron chi connectivity index (χ3n) is 5.08. The summed E-state index contributed by atoms with van der Waals surface area (Å²) in [6, 6.07) is 2.32. The van der Waals surface area contributed by atoms with Crippen molar-refractivity contribution in [2.24, 2.45) is 5.92 Å². The lowest BCUT2D eigenvalue weighted by molar-refractivity contribution is -0.131. The number of fused-ring (bicyclic) bond motifs is 1. The minimum absolute atomic E-state index is 0.162. The third kappa shape index (κ3) is 2.91. The molecule has 2 aliphatic heterocycles. The van der Waals surface area contributed by atoms with Crippen LogP contribution in [-0.2, 0) is 4.79 Å². The molecule has 2 amide bonds. The van der Waals surface area contributed by atoms with Crippen molar-refractivity contribution in [2.75, 3.05) is 19.6 Å². The van der Waals surface area contributed by atoms with Gasteiger partial charge in [0.15, 0.2) is 0 Å². The second-order valence-electron chi connectivity index (χ2n) is 6.51. The quantitative estimate of drug-likeness (QED) is 0.798. The van der Waals surface area contributed by atoms with Gasteiger partial charge in [0.2, 0.25) is 5.91 Å². The molecule has 2 aliphatic rings. The summed E-state index contributed by atoms with van der Waals surface area (Å²) in [6.45, 7) is 6.11. The number of amides is 2. The SMILES string of the molecule is CC(=O)N1CC[C@@H]2[C@@H](CCCCN2C(=O)c2sccc2C)C1. The Balaban J connectivity index is 1.81. The molecule has 0 radical (unpaired) electrons. The van der Waals surface area contributed by atoms with Crippen molar-refractivity contribution in [3.8, 4) is 0 Å². The highest BCUT2D eigenvalue weighted by Crippen LogP contribution is 2.32. The van der Waals surface area contributed by atoms with Gasteiger partial charge in [-0.3, -0.25) is 9.59 Å². The minimum Gasteiger partial charge on any atom is -0.343 e. The molecule has 4 nitrogen and oxygen atoms in total. The highest BCUT2D eigenvalue weighted by atomic mass is 32.1. The van der Waals surface area contributed by atoms with E-state index >= 15 is 0 Å². The Morgan fingerprint density at radius 1 is 1.23 bits per heavy atom. The Morgan fingerprint density at radius 3 is 2.73 bits per heavy atom. The van der Waals surface area contributed by atoms with E-state index in [-0.39, 0.29) is 11.8 Å². The first-order valence-electron chi connectivity index (χ1n) is 8.18. The van der Waals surface area contributed by atoms with Crippen molar-refractivity contribution >= 4 is 23.2 Å². The van der Waals surface area contributed by atoms with Gasteiger partial charge in [0, 0.05) is 32.6 Å². The molecular weight excluding hydrogens is 296 g/mol. The number of piperidine rings is 1. The summed E-state index contributed by atoms with van der Waals surface area (Å²) in [5.41, 5.74) is 1.08. The van der Waals surface area contributed by atoms with Crippen LogP contribution in [0.15, 0.2) is 11.4 Å². The van der Waals surface area contributed by atoms with E-state index in [9.17, 15) is 9.59 Å². The van der Waals surface area contributed by atoms with Crippen molar-refractivity contribution in [3.63, 3.8) is 0 Å². The molecule has 0 N–H and O–H groups in total. The van der Waals surface area contributed by atoms with Gasteiger partial charge in [-0.25, -0.2) is 0 Å². The lowest BCUT2D eigenvalue weighted by Gasteiger charge is -2.42. The van der Waals surface area contributed by atoms with Crippen molar-refractivity contribution < 1.29 is 9.59 Å². The third-order valence-corrected chi connectivity index (χ3v) is 6.09. The molecular formula is C17H24N2O2S. The highest BCUT2D eigenvalue weighted by Gasteiger charge is 2.38. The van der Waals surface area contributed by atoms with Crippen LogP contribution in [0.3, 0.4) is 0 Å². The van der Waals surface area contributed by atoms with E-state index in [1.807, 2.05) is 23.3 Å². The molecule has 120 valence electrons. The second kappa shape index (κ2) is 6.41. The number of hydrogen-bond acceptors (Lipinski definition) is 3. The predicted molar refractivity (Wildman–Crippen MR) is 88.1 cm³/mol. The average Bonchev–Trinajstić information content (AvgIpc) is 2.81. The van der Waals surface area contributed by atoms with Gasteiger partial charge in [-0.15, -0.1) is 11.3 Å². The molecule has 2 atom stereocenters. The fraction of sp³-hybridized carbons (Fsp3) is 0.647. The summed E-state index contributed by atoms with van der Waals surface area (Å²) in [7, 11) is 0. The van der Waals surface area contributed by atoms with Crippen LogP contribution in [0.1, 0.15) is 47.8 Å². The Morgan fingerprint density at radius 2 is 2.05 bits per heavy atom. The van der Waals surface area contributed by atoms with Crippen LogP contribution >= 0.6 is 11.3 Å². The fourth-order valence-electron chi connectivity index (χ4n) is 3.83. The second-order valence-corrected chi connectivity index (χ2v) is 7.42. The first-order valence-corrected chi connectivity index (χ1v) is 9.06. The van der Waals surface area contributed by atoms with Gasteiger partial charge in [-0.1, -0.05) is 6.42 Å². The maximum Gasteiger partial charge on any atom is 0.264 e. The molecule has 0 saturated carbocycles. The van der Waals surface area contributed by atoms with Gasteiger partial charge in [-0.05, 0) is 49.1 Å². The summed E-state index contributed by atoms with van der Waals surface area (Å²) in [6.07, 6.45) is 4.27. The number of aryl methyl sites for hydroxylation is 1. The number of hydrogen-bond donors (Lipinski definition) is 0. The number of nitrogens with zero attached hydrogens (tertiary/aromatic N) is 2. The predicted octanol–water partition coefficient (Wildman–Crippen LogP) is 2.92. The summed E-state index contributed by atoms with van der Waals surface area (Å²) in [5, 5.41) is 2.00. The molecule has 0 bridgehead atoms. The zero-order valence-corrected chi connectivity index (χ0v) is 14.2. The molecule has 0 unspecified atom stereocenters. The van der Waals surface area contributed by atoms with Gasteiger partial charge in [0.25, 0.3) is 5.91 Å². The van der Waals surface area contributed by atoms with Crippen molar-refractivity contribution in [1.29, 1.82) is 0 Å². The van der Waals surface area contributed by atoms with Crippen LogP contribution in [0.25, 0.3) is 0 Å². The smallest absolute Gasteiger partial charge is 0.264 e. The first kappa shape index (κ1) is 15.5. The van der Waals surface area contributed by atoms with Gasteiger partial charge in [-0.2, -0.15) is 0 Å². The number of rotatable bonds is 1. The zero-order valence-electron chi connectivity index (χ0n) is 13.4. The summed E-state index contributed by atoms with van der Waals surface area (Å²) in [4.78, 5) is 29.6. The lowest BCUT2D eigenvalue weighted by Crippen LogP contribution is -2.53. The number of likely N-dealkylation sites (tertiary alicyclic amines) is 2. The monoisotopic (exact) mass is 320 g/mol. The van der Waals surface area contributed by atoms with Gasteiger partial charge >= 0.3 is 0 Å². The molecule has 0 spiro atoms.